The molecule has 0 aliphatic rings. The highest BCUT2D eigenvalue weighted by atomic mass is 35.5. The van der Waals surface area contributed by atoms with E-state index in [4.69, 9.17) is 26.2 Å². The Kier molecular flexibility index (Phi) is 9.28. The molecule has 210 valence electrons. The zero-order valence-corrected chi connectivity index (χ0v) is 22.9. The lowest BCUT2D eigenvalue weighted by Gasteiger charge is -2.20. The lowest BCUT2D eigenvalue weighted by atomic mass is 9.98. The van der Waals surface area contributed by atoms with Crippen LogP contribution in [0.25, 0.3) is 11.1 Å². The van der Waals surface area contributed by atoms with Gasteiger partial charge in [0.2, 0.25) is 11.8 Å². The predicted molar refractivity (Wildman–Crippen MR) is 153 cm³/mol. The average Bonchev–Trinajstić information content (AvgIpc) is 2.96. The molecule has 41 heavy (non-hydrogen) atoms. The number of hydrogen-bond acceptors (Lipinski definition) is 7. The van der Waals surface area contributed by atoms with Gasteiger partial charge in [-0.2, -0.15) is 0 Å². The standard InChI is InChI=1S/C30H26ClN3O7/c1-40-17-26(35)22-13-10-20(31)15-23(22)24-16-27(36)34(33-29(24)41-2)25(14-18-6-4-3-5-7-18)28(37)32-21-11-8-19(9-12-21)30(38)39/h3-13,15-16,25H,14,17H2,1-2H3,(H,32,37)(H,38,39)/t25-/m0/s1. The maximum Gasteiger partial charge on any atom is 0.335 e. The van der Waals surface area contributed by atoms with Crippen molar-refractivity contribution < 1.29 is 29.0 Å². The Balaban J connectivity index is 1.79. The highest BCUT2D eigenvalue weighted by Gasteiger charge is 2.27. The van der Waals surface area contributed by atoms with E-state index in [0.717, 1.165) is 10.2 Å². The highest BCUT2D eigenvalue weighted by molar-refractivity contribution is 6.31. The predicted octanol–water partition coefficient (Wildman–Crippen LogP) is 4.52. The monoisotopic (exact) mass is 575 g/mol. The summed E-state index contributed by atoms with van der Waals surface area (Å²) in [4.78, 5) is 51.0. The average molecular weight is 576 g/mol. The van der Waals surface area contributed by atoms with E-state index in [2.05, 4.69) is 10.4 Å². The van der Waals surface area contributed by atoms with Crippen molar-refractivity contribution in [2.24, 2.45) is 0 Å². The molecule has 2 N–H and O–H groups in total. The molecule has 0 fully saturated rings. The number of anilines is 1. The minimum atomic E-state index is -1.11. The van der Waals surface area contributed by atoms with Gasteiger partial charge < -0.3 is 19.9 Å². The number of methoxy groups -OCH3 is 2. The van der Waals surface area contributed by atoms with Gasteiger partial charge in [0, 0.05) is 35.9 Å². The number of aromatic nitrogens is 2. The molecule has 0 aliphatic carbocycles. The summed E-state index contributed by atoms with van der Waals surface area (Å²) in [6.45, 7) is -0.186. The van der Waals surface area contributed by atoms with Crippen molar-refractivity contribution >= 4 is 34.9 Å². The number of hydrogen-bond donors (Lipinski definition) is 2. The molecule has 0 aliphatic heterocycles. The molecule has 0 saturated carbocycles. The maximum atomic E-state index is 13.6. The maximum absolute atomic E-state index is 13.6. The van der Waals surface area contributed by atoms with E-state index in [-0.39, 0.29) is 41.4 Å². The first kappa shape index (κ1) is 29.2. The number of carboxylic acids is 1. The molecule has 0 bridgehead atoms. The third kappa shape index (κ3) is 6.86. The van der Waals surface area contributed by atoms with E-state index >= 15 is 0 Å². The Hall–Kier alpha value is -4.80. The Morgan fingerprint density at radius 1 is 0.976 bits per heavy atom. The first-order chi connectivity index (χ1) is 19.7. The molecule has 0 spiro atoms. The molecule has 4 rings (SSSR count). The van der Waals surface area contributed by atoms with Crippen molar-refractivity contribution in [2.75, 3.05) is 26.1 Å². The molecule has 1 atom stereocenters. The van der Waals surface area contributed by atoms with E-state index in [1.54, 1.807) is 6.07 Å². The zero-order chi connectivity index (χ0) is 29.5. The minimum absolute atomic E-state index is 0.00462. The van der Waals surface area contributed by atoms with Crippen LogP contribution in [0.2, 0.25) is 5.02 Å². The first-order valence-corrected chi connectivity index (χ1v) is 12.8. The fourth-order valence-electron chi connectivity index (χ4n) is 4.26. The largest absolute Gasteiger partial charge is 0.480 e. The second-order valence-corrected chi connectivity index (χ2v) is 9.41. The highest BCUT2D eigenvalue weighted by Crippen LogP contribution is 2.33. The number of rotatable bonds is 11. The Labute approximate surface area is 240 Å². The second-order valence-electron chi connectivity index (χ2n) is 8.97. The number of aromatic carboxylic acids is 1. The molecule has 1 aromatic heterocycles. The number of halogens is 1. The van der Waals surface area contributed by atoms with Crippen molar-refractivity contribution in [2.45, 2.75) is 12.5 Å². The topological polar surface area (TPSA) is 137 Å². The van der Waals surface area contributed by atoms with Crippen molar-refractivity contribution in [3.8, 4) is 17.0 Å². The molecular weight excluding hydrogens is 550 g/mol. The van der Waals surface area contributed by atoms with Crippen molar-refractivity contribution in [3.05, 3.63) is 111 Å². The molecule has 4 aromatic rings. The SMILES string of the molecule is COCC(=O)c1ccc(Cl)cc1-c1cc(=O)n([C@@H](Cc2ccccc2)C(=O)Nc2ccc(C(=O)O)cc2)nc1OC. The fraction of sp³-hybridized carbons (Fsp3) is 0.167. The van der Waals surface area contributed by atoms with Crippen LogP contribution in [0.3, 0.4) is 0 Å². The van der Waals surface area contributed by atoms with Gasteiger partial charge in [0.15, 0.2) is 5.78 Å². The van der Waals surface area contributed by atoms with Crippen LogP contribution >= 0.6 is 11.6 Å². The molecule has 1 amide bonds. The fourth-order valence-corrected chi connectivity index (χ4v) is 4.43. The van der Waals surface area contributed by atoms with Crippen LogP contribution in [0.15, 0.2) is 83.7 Å². The van der Waals surface area contributed by atoms with Crippen LogP contribution in [-0.4, -0.2) is 53.4 Å². The number of carbonyl (C=O) groups is 3. The summed E-state index contributed by atoms with van der Waals surface area (Å²) in [5.74, 6) is -1.99. The number of benzene rings is 3. The summed E-state index contributed by atoms with van der Waals surface area (Å²) in [6.07, 6.45) is 0.115. The van der Waals surface area contributed by atoms with Crippen LogP contribution < -0.4 is 15.6 Å². The Morgan fingerprint density at radius 3 is 2.32 bits per heavy atom. The van der Waals surface area contributed by atoms with Gasteiger partial charge in [0.25, 0.3) is 5.56 Å². The van der Waals surface area contributed by atoms with Crippen molar-refractivity contribution in [1.29, 1.82) is 0 Å². The smallest absolute Gasteiger partial charge is 0.335 e. The van der Waals surface area contributed by atoms with Gasteiger partial charge in [-0.1, -0.05) is 41.9 Å². The summed E-state index contributed by atoms with van der Waals surface area (Å²) in [7, 11) is 2.76. The van der Waals surface area contributed by atoms with E-state index in [0.29, 0.717) is 16.3 Å². The molecule has 3 aromatic carbocycles. The summed E-state index contributed by atoms with van der Waals surface area (Å²) in [5, 5.41) is 16.6. The summed E-state index contributed by atoms with van der Waals surface area (Å²) in [5.41, 5.74) is 1.36. The van der Waals surface area contributed by atoms with Crippen LogP contribution in [0.1, 0.15) is 32.3 Å². The van der Waals surface area contributed by atoms with Crippen LogP contribution in [-0.2, 0) is 16.0 Å². The quantitative estimate of drug-likeness (QED) is 0.249. The summed E-state index contributed by atoms with van der Waals surface area (Å²) < 4.78 is 11.5. The van der Waals surface area contributed by atoms with Crippen LogP contribution in [0.4, 0.5) is 5.69 Å². The molecule has 11 heteroatoms. The summed E-state index contributed by atoms with van der Waals surface area (Å²) >= 11 is 6.23. The lowest BCUT2D eigenvalue weighted by molar-refractivity contribution is -0.119. The molecule has 10 nitrogen and oxygen atoms in total. The number of carboxylic acid groups (broad SMARTS) is 1. The minimum Gasteiger partial charge on any atom is -0.480 e. The number of amides is 1. The van der Waals surface area contributed by atoms with Crippen LogP contribution in [0, 0.1) is 0 Å². The van der Waals surface area contributed by atoms with E-state index in [1.807, 2.05) is 30.3 Å². The van der Waals surface area contributed by atoms with Gasteiger partial charge in [-0.05, 0) is 53.6 Å². The number of ether oxygens (including phenoxy) is 2. The number of carbonyl (C=O) groups excluding carboxylic acids is 2. The lowest BCUT2D eigenvalue weighted by Crippen LogP contribution is -2.36. The molecule has 0 saturated heterocycles. The second kappa shape index (κ2) is 13.0. The van der Waals surface area contributed by atoms with Gasteiger partial charge in [-0.15, -0.1) is 5.10 Å². The zero-order valence-electron chi connectivity index (χ0n) is 22.2. The molecule has 0 radical (unpaired) electrons. The van der Waals surface area contributed by atoms with Crippen molar-refractivity contribution in [3.63, 3.8) is 0 Å². The molecular formula is C30H26ClN3O7. The third-order valence-corrected chi connectivity index (χ3v) is 6.47. The van der Waals surface area contributed by atoms with E-state index < -0.39 is 23.5 Å². The van der Waals surface area contributed by atoms with Gasteiger partial charge in [0.05, 0.1) is 18.2 Å². The van der Waals surface area contributed by atoms with Gasteiger partial charge >= 0.3 is 5.97 Å². The Bertz CT molecular complexity index is 1640. The number of nitrogens with one attached hydrogen (secondary N) is 1. The Morgan fingerprint density at radius 2 is 1.68 bits per heavy atom. The normalized spacial score (nSPS) is 11.5. The number of nitrogens with zero attached hydrogens (tertiary/aromatic N) is 2. The van der Waals surface area contributed by atoms with Gasteiger partial charge in [-0.3, -0.25) is 14.4 Å². The van der Waals surface area contributed by atoms with E-state index in [9.17, 15) is 19.2 Å². The molecule has 1 heterocycles. The number of Topliss-reactive ketones (excluding diaryl/α,β-unsaturated/α-hetero) is 1. The van der Waals surface area contributed by atoms with Gasteiger partial charge in [-0.25, -0.2) is 9.48 Å². The third-order valence-electron chi connectivity index (χ3n) is 6.23. The summed E-state index contributed by atoms with van der Waals surface area (Å²) in [6, 6.07) is 19.5. The first-order valence-electron chi connectivity index (χ1n) is 12.4. The van der Waals surface area contributed by atoms with E-state index in [1.165, 1.54) is 56.7 Å². The van der Waals surface area contributed by atoms with Crippen LogP contribution in [0.5, 0.6) is 5.88 Å². The van der Waals surface area contributed by atoms with Crippen molar-refractivity contribution in [1.82, 2.24) is 9.78 Å². The number of ketones is 1. The molecule has 0 unspecified atom stereocenters. The van der Waals surface area contributed by atoms with Gasteiger partial charge in [0.1, 0.15) is 12.6 Å².